The van der Waals surface area contributed by atoms with Crippen molar-refractivity contribution in [2.45, 2.75) is 70.2 Å². The third kappa shape index (κ3) is 10.7. The Hall–Kier alpha value is -6.12. The molecule has 5 rings (SSSR count). The largest absolute Gasteiger partial charge is 0.504 e. The quantitative estimate of drug-likeness (QED) is 0.288. The van der Waals surface area contributed by atoms with E-state index in [0.717, 1.165) is 0 Å². The smallest absolute Gasteiger partial charge is 0.245 e. The minimum absolute atomic E-state index is 0.0579. The molecule has 6 amide bonds. The normalized spacial score (nSPS) is 22.0. The molecule has 0 saturated carbocycles. The minimum Gasteiger partial charge on any atom is -0.504 e. The van der Waals surface area contributed by atoms with Gasteiger partial charge in [-0.3, -0.25) is 28.8 Å². The Bertz CT molecular complexity index is 1880. The summed E-state index contributed by atoms with van der Waals surface area (Å²) in [4.78, 5) is 85.1. The molecule has 3 aromatic rings. The molecule has 0 fully saturated rings. The number of phenols is 1. The van der Waals surface area contributed by atoms with Gasteiger partial charge in [-0.1, -0.05) is 30.3 Å². The second kappa shape index (κ2) is 18.3. The second-order valence-electron chi connectivity index (χ2n) is 13.9. The van der Waals surface area contributed by atoms with Gasteiger partial charge in [-0.15, -0.1) is 0 Å². The van der Waals surface area contributed by atoms with Crippen molar-refractivity contribution in [3.63, 3.8) is 0 Å². The van der Waals surface area contributed by atoms with Gasteiger partial charge in [-0.2, -0.15) is 0 Å². The standard InChI is InChI=1S/C40H50N6O9/c1-23-36(49)42-24(2)38(51)45(6)31(19-26-9-14-29(54-8)15-10-26)37(50)43-25(3)39(52)46(7)32(40(53)44(4)5)20-27-11-16-30(17-12-27)55-34-21-28(13-18-33(34)47)22-35(48)41-23/h9-18,21,23-25,31-32,47H,19-20,22H2,1-8H3,(H,41,48)(H,42,49)(H,43,50). The van der Waals surface area contributed by atoms with Crippen LogP contribution in [0.5, 0.6) is 23.0 Å². The molecule has 0 radical (unpaired) electrons. The van der Waals surface area contributed by atoms with Crippen LogP contribution in [-0.2, 0) is 48.0 Å². The molecule has 5 atom stereocenters. The lowest BCUT2D eigenvalue weighted by Crippen LogP contribution is -2.59. The summed E-state index contributed by atoms with van der Waals surface area (Å²) in [6.45, 7) is 4.44. The van der Waals surface area contributed by atoms with E-state index in [1.54, 1.807) is 68.7 Å². The van der Waals surface area contributed by atoms with E-state index in [0.29, 0.717) is 28.2 Å². The monoisotopic (exact) mass is 758 g/mol. The Morgan fingerprint density at radius 2 is 1.38 bits per heavy atom. The highest BCUT2D eigenvalue weighted by Crippen LogP contribution is 2.32. The summed E-state index contributed by atoms with van der Waals surface area (Å²) < 4.78 is 11.2. The van der Waals surface area contributed by atoms with Crippen LogP contribution in [0.25, 0.3) is 0 Å². The molecular weight excluding hydrogens is 708 g/mol. The Kier molecular flexibility index (Phi) is 13.8. The van der Waals surface area contributed by atoms with E-state index in [9.17, 15) is 33.9 Å². The van der Waals surface area contributed by atoms with Crippen molar-refractivity contribution < 1.29 is 43.3 Å². The summed E-state index contributed by atoms with van der Waals surface area (Å²) in [6, 6.07) is 12.9. The van der Waals surface area contributed by atoms with Gasteiger partial charge in [0.25, 0.3) is 0 Å². The van der Waals surface area contributed by atoms with Gasteiger partial charge >= 0.3 is 0 Å². The molecule has 3 aromatic carbocycles. The van der Waals surface area contributed by atoms with Crippen LogP contribution >= 0.6 is 0 Å². The molecule has 0 aromatic heterocycles. The molecule has 5 unspecified atom stereocenters. The number of phenolic OH excluding ortho intramolecular Hbond substituents is 1. The van der Waals surface area contributed by atoms with Crippen LogP contribution in [0.3, 0.4) is 0 Å². The highest BCUT2D eigenvalue weighted by Gasteiger charge is 2.35. The number of likely N-dealkylation sites (N-methyl/N-ethyl adjacent to an activating group) is 3. The number of methoxy groups -OCH3 is 1. The maximum atomic E-state index is 14.0. The van der Waals surface area contributed by atoms with Crippen molar-refractivity contribution in [2.24, 2.45) is 0 Å². The number of carbonyl (C=O) groups excluding carboxylic acids is 6. The maximum Gasteiger partial charge on any atom is 0.245 e. The van der Waals surface area contributed by atoms with Crippen molar-refractivity contribution in [1.82, 2.24) is 30.7 Å². The Labute approximate surface area is 320 Å². The molecule has 0 spiro atoms. The van der Waals surface area contributed by atoms with Crippen LogP contribution in [0.4, 0.5) is 0 Å². The Morgan fingerprint density at radius 3 is 1.98 bits per heavy atom. The lowest BCUT2D eigenvalue weighted by atomic mass is 10.0. The highest BCUT2D eigenvalue weighted by molar-refractivity contribution is 5.96. The van der Waals surface area contributed by atoms with Gasteiger partial charge in [-0.05, 0) is 73.9 Å². The number of hydrogen-bond acceptors (Lipinski definition) is 9. The number of hydrogen-bond donors (Lipinski definition) is 4. The highest BCUT2D eigenvalue weighted by atomic mass is 16.5. The van der Waals surface area contributed by atoms with Gasteiger partial charge in [0, 0.05) is 41.0 Å². The number of aromatic hydroxyl groups is 1. The fraction of sp³-hybridized carbons (Fsp3) is 0.400. The molecule has 4 bridgehead atoms. The SMILES string of the molecule is COc1ccc(CC2C(=O)NC(C)C(=O)N(C)C(C(=O)N(C)C)Cc3ccc(cc3)Oc3cc(ccc3O)CC(=O)NC(C)C(=O)NC(C)C(=O)N2C)cc1. The first-order chi connectivity index (χ1) is 26.0. The number of benzene rings is 3. The molecule has 4 N–H and O–H groups in total. The van der Waals surface area contributed by atoms with Crippen LogP contribution in [0.2, 0.25) is 0 Å². The number of rotatable bonds is 4. The third-order valence-electron chi connectivity index (χ3n) is 9.45. The van der Waals surface area contributed by atoms with Crippen molar-refractivity contribution in [2.75, 3.05) is 35.3 Å². The summed E-state index contributed by atoms with van der Waals surface area (Å²) in [7, 11) is 7.62. The van der Waals surface area contributed by atoms with Gasteiger partial charge in [0.15, 0.2) is 11.5 Å². The zero-order chi connectivity index (χ0) is 40.6. The van der Waals surface area contributed by atoms with E-state index in [4.69, 9.17) is 9.47 Å². The number of nitrogens with zero attached hydrogens (tertiary/aromatic N) is 3. The molecule has 294 valence electrons. The first-order valence-electron chi connectivity index (χ1n) is 17.8. The number of carbonyl (C=O) groups is 6. The number of amides is 6. The lowest BCUT2D eigenvalue weighted by molar-refractivity contribution is -0.146. The number of fused-ring (bicyclic) bond motifs is 18. The van der Waals surface area contributed by atoms with E-state index in [1.165, 1.54) is 68.8 Å². The lowest BCUT2D eigenvalue weighted by Gasteiger charge is -2.33. The summed E-state index contributed by atoms with van der Waals surface area (Å²) in [5.74, 6) is -2.33. The predicted octanol–water partition coefficient (Wildman–Crippen LogP) is 1.79. The van der Waals surface area contributed by atoms with Crippen LogP contribution < -0.4 is 25.4 Å². The third-order valence-corrected chi connectivity index (χ3v) is 9.45. The average Bonchev–Trinajstić information content (AvgIpc) is 3.16. The fourth-order valence-corrected chi connectivity index (χ4v) is 6.11. The zero-order valence-electron chi connectivity index (χ0n) is 32.4. The zero-order valence-corrected chi connectivity index (χ0v) is 32.4. The van der Waals surface area contributed by atoms with E-state index in [1.807, 2.05) is 0 Å². The van der Waals surface area contributed by atoms with E-state index in [2.05, 4.69) is 16.0 Å². The predicted molar refractivity (Wildman–Crippen MR) is 203 cm³/mol. The molecule has 15 nitrogen and oxygen atoms in total. The van der Waals surface area contributed by atoms with Crippen molar-refractivity contribution in [3.8, 4) is 23.0 Å². The average molecular weight is 759 g/mol. The van der Waals surface area contributed by atoms with Gasteiger partial charge < -0.3 is 45.2 Å². The van der Waals surface area contributed by atoms with Crippen LogP contribution in [0, 0.1) is 0 Å². The van der Waals surface area contributed by atoms with E-state index >= 15 is 0 Å². The van der Waals surface area contributed by atoms with E-state index < -0.39 is 59.7 Å². The summed E-state index contributed by atoms with van der Waals surface area (Å²) in [5, 5.41) is 18.5. The topological polar surface area (TPSA) is 187 Å². The van der Waals surface area contributed by atoms with Gasteiger partial charge in [0.1, 0.15) is 41.7 Å². The van der Waals surface area contributed by atoms with Crippen molar-refractivity contribution >= 4 is 35.4 Å². The first kappa shape index (κ1) is 41.6. The van der Waals surface area contributed by atoms with E-state index in [-0.39, 0.29) is 36.7 Å². The molecule has 2 aliphatic rings. The van der Waals surface area contributed by atoms with Gasteiger partial charge in [0.05, 0.1) is 13.5 Å². The van der Waals surface area contributed by atoms with Crippen LogP contribution in [0.1, 0.15) is 37.5 Å². The molecule has 2 heterocycles. The maximum absolute atomic E-state index is 14.0. The number of nitrogens with one attached hydrogen (secondary N) is 3. The molecule has 55 heavy (non-hydrogen) atoms. The second-order valence-corrected chi connectivity index (χ2v) is 13.9. The molecular formula is C40H50N6O9. The molecule has 0 saturated heterocycles. The summed E-state index contributed by atoms with van der Waals surface area (Å²) in [6.07, 6.45) is 0.0519. The summed E-state index contributed by atoms with van der Waals surface area (Å²) in [5.41, 5.74) is 1.90. The van der Waals surface area contributed by atoms with Crippen LogP contribution in [0.15, 0.2) is 66.7 Å². The first-order valence-corrected chi connectivity index (χ1v) is 17.8. The van der Waals surface area contributed by atoms with Crippen LogP contribution in [-0.4, -0.2) is 121 Å². The Morgan fingerprint density at radius 1 is 0.800 bits per heavy atom. The Balaban J connectivity index is 1.71. The van der Waals surface area contributed by atoms with Gasteiger partial charge in [0.2, 0.25) is 35.4 Å². The fourth-order valence-electron chi connectivity index (χ4n) is 6.11. The summed E-state index contributed by atoms with van der Waals surface area (Å²) >= 11 is 0. The van der Waals surface area contributed by atoms with Crippen molar-refractivity contribution in [1.29, 1.82) is 0 Å². The minimum atomic E-state index is -1.12. The number of ether oxygens (including phenoxy) is 2. The van der Waals surface area contributed by atoms with Gasteiger partial charge in [-0.25, -0.2) is 0 Å². The molecule has 0 aliphatic carbocycles. The van der Waals surface area contributed by atoms with Crippen molar-refractivity contribution in [3.05, 3.63) is 83.4 Å². The molecule has 15 heteroatoms. The molecule has 2 aliphatic heterocycles.